The molecule has 0 aliphatic carbocycles. The van der Waals surface area contributed by atoms with Crippen LogP contribution in [0, 0.1) is 0 Å². The summed E-state index contributed by atoms with van der Waals surface area (Å²) >= 11 is 3.65. The number of esters is 1. The number of methoxy groups -OCH3 is 2. The molecule has 0 aromatic heterocycles. The van der Waals surface area contributed by atoms with Crippen molar-refractivity contribution in [3.8, 4) is 5.75 Å². The first-order valence-corrected chi connectivity index (χ1v) is 12.0. The van der Waals surface area contributed by atoms with Crippen molar-refractivity contribution < 1.29 is 28.8 Å². The molecule has 8 heteroatoms. The zero-order valence-corrected chi connectivity index (χ0v) is 22.2. The van der Waals surface area contributed by atoms with Crippen LogP contribution in [-0.2, 0) is 24.4 Å². The second-order valence-electron chi connectivity index (χ2n) is 8.94. The maximum atomic E-state index is 12.4. The van der Waals surface area contributed by atoms with Crippen LogP contribution in [0.15, 0.2) is 46.9 Å². The molecule has 0 aliphatic heterocycles. The summed E-state index contributed by atoms with van der Waals surface area (Å²) in [5.41, 5.74) is 2.61. The maximum Gasteiger partial charge on any atom is 0.307 e. The van der Waals surface area contributed by atoms with Crippen LogP contribution < -0.4 is 10.1 Å². The van der Waals surface area contributed by atoms with E-state index in [1.807, 2.05) is 42.5 Å². The van der Waals surface area contributed by atoms with E-state index in [9.17, 15) is 9.90 Å². The molecule has 2 atom stereocenters. The lowest BCUT2D eigenvalue weighted by molar-refractivity contribution is -0.141. The van der Waals surface area contributed by atoms with Gasteiger partial charge in [-0.15, -0.1) is 0 Å². The molecule has 0 heterocycles. The number of benzene rings is 2. The molecule has 0 aliphatic rings. The van der Waals surface area contributed by atoms with E-state index in [2.05, 4.69) is 42.0 Å². The van der Waals surface area contributed by atoms with Crippen LogP contribution in [0.3, 0.4) is 0 Å². The third kappa shape index (κ3) is 8.36. The molecule has 0 saturated heterocycles. The highest BCUT2D eigenvalue weighted by Gasteiger charge is 2.28. The highest BCUT2D eigenvalue weighted by Crippen LogP contribution is 2.40. The Bertz CT molecular complexity index is 900. The molecule has 0 bridgehead atoms. The second kappa shape index (κ2) is 13.8. The lowest BCUT2D eigenvalue weighted by Gasteiger charge is -2.29. The van der Waals surface area contributed by atoms with E-state index < -0.39 is 12.1 Å². The molecule has 2 aromatic rings. The summed E-state index contributed by atoms with van der Waals surface area (Å²) in [5, 5.41) is 13.6. The second-order valence-corrected chi connectivity index (χ2v) is 9.79. The van der Waals surface area contributed by atoms with Crippen molar-refractivity contribution in [3.05, 3.63) is 63.6 Å². The van der Waals surface area contributed by atoms with Gasteiger partial charge in [-0.1, -0.05) is 51.1 Å². The number of carbonyl (C=O) groups excluding carboxylic acids is 1. The Morgan fingerprint density at radius 2 is 1.79 bits per heavy atom. The minimum Gasteiger partial charge on any atom is -0.469 e. The van der Waals surface area contributed by atoms with E-state index >= 15 is 0 Å². The summed E-state index contributed by atoms with van der Waals surface area (Å²) in [6.45, 7) is 7.10. The predicted molar refractivity (Wildman–Crippen MR) is 135 cm³/mol. The summed E-state index contributed by atoms with van der Waals surface area (Å²) < 4.78 is 22.3. The quantitative estimate of drug-likeness (QED) is 0.218. The van der Waals surface area contributed by atoms with Gasteiger partial charge in [0.15, 0.2) is 6.79 Å². The largest absolute Gasteiger partial charge is 0.469 e. The molecule has 0 fully saturated rings. The number of aliphatic hydroxyl groups is 1. The molecule has 34 heavy (non-hydrogen) atoms. The Morgan fingerprint density at radius 3 is 2.38 bits per heavy atom. The van der Waals surface area contributed by atoms with Gasteiger partial charge in [-0.2, -0.15) is 0 Å². The Hall–Kier alpha value is -1.97. The molecule has 2 aromatic carbocycles. The zero-order valence-electron chi connectivity index (χ0n) is 20.6. The highest BCUT2D eigenvalue weighted by molar-refractivity contribution is 9.10. The smallest absolute Gasteiger partial charge is 0.307 e. The topological polar surface area (TPSA) is 86.3 Å². The van der Waals surface area contributed by atoms with Crippen molar-refractivity contribution >= 4 is 21.9 Å². The van der Waals surface area contributed by atoms with E-state index in [4.69, 9.17) is 18.9 Å². The molecule has 0 radical (unpaired) electrons. The van der Waals surface area contributed by atoms with E-state index in [0.717, 1.165) is 21.2 Å². The summed E-state index contributed by atoms with van der Waals surface area (Å²) in [6, 6.07) is 12.8. The van der Waals surface area contributed by atoms with Crippen molar-refractivity contribution in [1.29, 1.82) is 0 Å². The SMILES string of the molecule is COCCOCOc1c(Br)cc(C(C)(C)C)cc1[C@H](CC(=O)OC)N[C@H](CO)c1ccccc1. The van der Waals surface area contributed by atoms with Gasteiger partial charge < -0.3 is 29.4 Å². The van der Waals surface area contributed by atoms with Gasteiger partial charge in [-0.3, -0.25) is 4.79 Å². The van der Waals surface area contributed by atoms with Gasteiger partial charge in [0, 0.05) is 18.7 Å². The van der Waals surface area contributed by atoms with Gasteiger partial charge in [0.1, 0.15) is 5.75 Å². The Balaban J connectivity index is 2.49. The monoisotopic (exact) mass is 537 g/mol. The Kier molecular flexibility index (Phi) is 11.5. The summed E-state index contributed by atoms with van der Waals surface area (Å²) in [6.07, 6.45) is 0.0563. The number of aliphatic hydroxyl groups excluding tert-OH is 1. The number of carbonyl (C=O) groups is 1. The minimum atomic E-state index is -0.489. The number of halogens is 1. The van der Waals surface area contributed by atoms with E-state index in [1.165, 1.54) is 7.11 Å². The Labute approximate surface area is 210 Å². The highest BCUT2D eigenvalue weighted by atomic mass is 79.9. The van der Waals surface area contributed by atoms with Crippen molar-refractivity contribution in [2.24, 2.45) is 0 Å². The molecular formula is C26H36BrNO6. The summed E-state index contributed by atoms with van der Waals surface area (Å²) in [5.74, 6) is 0.193. The molecule has 2 rings (SSSR count). The van der Waals surface area contributed by atoms with Crippen LogP contribution in [0.4, 0.5) is 0 Å². The van der Waals surface area contributed by atoms with Crippen molar-refractivity contribution in [2.45, 2.75) is 44.7 Å². The number of ether oxygens (including phenoxy) is 4. The first-order valence-electron chi connectivity index (χ1n) is 11.2. The van der Waals surface area contributed by atoms with Gasteiger partial charge >= 0.3 is 5.97 Å². The van der Waals surface area contributed by atoms with Crippen LogP contribution >= 0.6 is 15.9 Å². The average molecular weight is 538 g/mol. The number of nitrogens with one attached hydrogen (secondary N) is 1. The van der Waals surface area contributed by atoms with Crippen molar-refractivity contribution in [2.75, 3.05) is 40.8 Å². The molecule has 0 unspecified atom stereocenters. The third-order valence-corrected chi connectivity index (χ3v) is 6.01. The van der Waals surface area contributed by atoms with Crippen LogP contribution in [0.1, 0.15) is 56.0 Å². The van der Waals surface area contributed by atoms with Gasteiger partial charge in [0.25, 0.3) is 0 Å². The minimum absolute atomic E-state index is 0.0247. The number of hydrogen-bond acceptors (Lipinski definition) is 7. The number of hydrogen-bond donors (Lipinski definition) is 2. The van der Waals surface area contributed by atoms with Crippen LogP contribution in [0.5, 0.6) is 5.75 Å². The third-order valence-electron chi connectivity index (χ3n) is 5.42. The molecule has 0 spiro atoms. The first-order chi connectivity index (χ1) is 16.2. The molecule has 7 nitrogen and oxygen atoms in total. The molecule has 2 N–H and O–H groups in total. The van der Waals surface area contributed by atoms with Crippen LogP contribution in [-0.4, -0.2) is 51.9 Å². The number of rotatable bonds is 13. The lowest BCUT2D eigenvalue weighted by Crippen LogP contribution is -2.31. The normalized spacial score (nSPS) is 13.4. The van der Waals surface area contributed by atoms with Crippen LogP contribution in [0.25, 0.3) is 0 Å². The fourth-order valence-corrected chi connectivity index (χ4v) is 4.04. The summed E-state index contributed by atoms with van der Waals surface area (Å²) in [4.78, 5) is 12.4. The zero-order chi connectivity index (χ0) is 25.1. The predicted octanol–water partition coefficient (Wildman–Crippen LogP) is 4.67. The Morgan fingerprint density at radius 1 is 1.09 bits per heavy atom. The van der Waals surface area contributed by atoms with Gasteiger partial charge in [0.2, 0.25) is 0 Å². The van der Waals surface area contributed by atoms with Crippen molar-refractivity contribution in [3.63, 3.8) is 0 Å². The molecular weight excluding hydrogens is 502 g/mol. The fourth-order valence-electron chi connectivity index (χ4n) is 3.45. The fraction of sp³-hybridized carbons (Fsp3) is 0.500. The average Bonchev–Trinajstić information content (AvgIpc) is 2.81. The molecule has 0 amide bonds. The summed E-state index contributed by atoms with van der Waals surface area (Å²) in [7, 11) is 2.97. The van der Waals surface area contributed by atoms with Crippen molar-refractivity contribution in [1.82, 2.24) is 5.32 Å². The lowest BCUT2D eigenvalue weighted by atomic mass is 9.84. The van der Waals surface area contributed by atoms with E-state index in [1.54, 1.807) is 7.11 Å². The van der Waals surface area contributed by atoms with Gasteiger partial charge in [0.05, 0.1) is 43.9 Å². The molecule has 0 saturated carbocycles. The van der Waals surface area contributed by atoms with Gasteiger partial charge in [-0.05, 0) is 44.6 Å². The van der Waals surface area contributed by atoms with Crippen LogP contribution in [0.2, 0.25) is 0 Å². The van der Waals surface area contributed by atoms with Gasteiger partial charge in [-0.25, -0.2) is 0 Å². The standard InChI is InChI=1S/C26H36BrNO6/c1-26(2,3)19-13-20(25(21(27)14-19)34-17-33-12-11-31-4)22(15-24(30)32-5)28-23(16-29)18-9-7-6-8-10-18/h6-10,13-14,22-23,28-29H,11-12,15-17H2,1-5H3/t22-,23+/m0/s1. The van der Waals surface area contributed by atoms with E-state index in [0.29, 0.717) is 19.0 Å². The maximum absolute atomic E-state index is 12.4. The van der Waals surface area contributed by atoms with E-state index in [-0.39, 0.29) is 31.2 Å². The first kappa shape index (κ1) is 28.3. The molecule has 188 valence electrons.